The molecule has 1 fully saturated rings. The van der Waals surface area contributed by atoms with E-state index in [2.05, 4.69) is 48.3 Å². The Labute approximate surface area is 186 Å². The fraction of sp³-hybridized carbons (Fsp3) is 0.800. The molecular formula is C20H37IN4O3. The van der Waals surface area contributed by atoms with Crippen LogP contribution < -0.4 is 10.6 Å². The van der Waals surface area contributed by atoms with Crippen LogP contribution in [0.5, 0.6) is 0 Å². The Kier molecular flexibility index (Phi) is 12.0. The van der Waals surface area contributed by atoms with Gasteiger partial charge < -0.3 is 24.5 Å². The highest BCUT2D eigenvalue weighted by Crippen LogP contribution is 2.22. The van der Waals surface area contributed by atoms with Gasteiger partial charge in [-0.15, -0.1) is 24.0 Å². The number of hydrogen-bond donors (Lipinski definition) is 2. The van der Waals surface area contributed by atoms with Gasteiger partial charge in [-0.25, -0.2) is 9.98 Å². The first kappa shape index (κ1) is 25.2. The van der Waals surface area contributed by atoms with Crippen LogP contribution in [-0.2, 0) is 21.4 Å². The Balaban J connectivity index is 0.00000392. The molecule has 0 saturated carbocycles. The summed E-state index contributed by atoms with van der Waals surface area (Å²) in [7, 11) is 0. The van der Waals surface area contributed by atoms with Crippen LogP contribution in [0.4, 0.5) is 0 Å². The molecule has 1 aromatic rings. The van der Waals surface area contributed by atoms with Gasteiger partial charge in [0.15, 0.2) is 5.96 Å². The zero-order valence-electron chi connectivity index (χ0n) is 17.8. The maximum Gasteiger partial charge on any atom is 0.216 e. The molecular weight excluding hydrogens is 471 g/mol. The minimum atomic E-state index is -0.0393. The molecule has 1 saturated heterocycles. The Bertz CT molecular complexity index is 566. The van der Waals surface area contributed by atoms with Gasteiger partial charge in [-0.1, -0.05) is 20.8 Å². The third-order valence-corrected chi connectivity index (χ3v) is 4.46. The van der Waals surface area contributed by atoms with Crippen molar-refractivity contribution in [2.24, 2.45) is 10.9 Å². The van der Waals surface area contributed by atoms with Crippen molar-refractivity contribution in [3.05, 3.63) is 17.8 Å². The predicted molar refractivity (Wildman–Crippen MR) is 122 cm³/mol. The second-order valence-electron chi connectivity index (χ2n) is 7.97. The number of rotatable bonds is 9. The molecule has 162 valence electrons. The van der Waals surface area contributed by atoms with Gasteiger partial charge in [0, 0.05) is 44.9 Å². The van der Waals surface area contributed by atoms with Crippen molar-refractivity contribution in [3.8, 4) is 0 Å². The number of nitrogens with one attached hydrogen (secondary N) is 2. The lowest BCUT2D eigenvalue weighted by atomic mass is 9.94. The van der Waals surface area contributed by atoms with Crippen LogP contribution >= 0.6 is 24.0 Å². The van der Waals surface area contributed by atoms with Gasteiger partial charge in [-0.05, 0) is 32.1 Å². The van der Waals surface area contributed by atoms with Gasteiger partial charge in [0.25, 0.3) is 0 Å². The molecule has 1 aromatic heterocycles. The van der Waals surface area contributed by atoms with Gasteiger partial charge in [-0.3, -0.25) is 0 Å². The van der Waals surface area contributed by atoms with Crippen LogP contribution in [0.3, 0.4) is 0 Å². The molecule has 0 aromatic carbocycles. The lowest BCUT2D eigenvalue weighted by Gasteiger charge is -2.21. The molecule has 2 heterocycles. The normalized spacial score (nSPS) is 15.9. The molecule has 28 heavy (non-hydrogen) atoms. The van der Waals surface area contributed by atoms with Gasteiger partial charge in [0.05, 0.1) is 6.20 Å². The Morgan fingerprint density at radius 3 is 2.68 bits per heavy atom. The summed E-state index contributed by atoms with van der Waals surface area (Å²) in [4.78, 5) is 8.88. The fourth-order valence-electron chi connectivity index (χ4n) is 2.76. The van der Waals surface area contributed by atoms with Crippen molar-refractivity contribution < 1.29 is 13.9 Å². The highest BCUT2D eigenvalue weighted by Gasteiger charge is 2.19. The van der Waals surface area contributed by atoms with E-state index in [9.17, 15) is 0 Å². The third-order valence-electron chi connectivity index (χ3n) is 4.46. The highest BCUT2D eigenvalue weighted by atomic mass is 127. The first-order valence-corrected chi connectivity index (χ1v) is 10.1. The molecule has 0 unspecified atom stereocenters. The monoisotopic (exact) mass is 508 g/mol. The highest BCUT2D eigenvalue weighted by molar-refractivity contribution is 14.0. The van der Waals surface area contributed by atoms with Gasteiger partial charge in [0.2, 0.25) is 5.89 Å². The maximum absolute atomic E-state index is 5.80. The summed E-state index contributed by atoms with van der Waals surface area (Å²) in [5.74, 6) is 2.95. The molecule has 2 rings (SSSR count). The molecule has 0 amide bonds. The van der Waals surface area contributed by atoms with E-state index in [4.69, 9.17) is 13.9 Å². The van der Waals surface area contributed by atoms with E-state index in [-0.39, 0.29) is 29.4 Å². The Morgan fingerprint density at radius 2 is 2.04 bits per heavy atom. The average Bonchev–Trinajstić information content (AvgIpc) is 3.13. The van der Waals surface area contributed by atoms with Gasteiger partial charge in [0.1, 0.15) is 12.3 Å². The number of guanidine groups is 1. The molecule has 1 aliphatic rings. The standard InChI is InChI=1S/C20H36N4O3.HI/c1-5-21-19(24-14-18-23-13-17(27-18)20(2,3)4)22-9-6-10-26-15-16-7-11-25-12-8-16;/h13,16H,5-12,14-15H2,1-4H3,(H2,21,22,24);1H. The minimum Gasteiger partial charge on any atom is -0.443 e. The molecule has 2 N–H and O–H groups in total. The number of halogens is 1. The third kappa shape index (κ3) is 9.56. The molecule has 0 radical (unpaired) electrons. The summed E-state index contributed by atoms with van der Waals surface area (Å²) >= 11 is 0. The Hall–Kier alpha value is -0.870. The number of ether oxygens (including phenoxy) is 2. The molecule has 0 aliphatic carbocycles. The van der Waals surface area contributed by atoms with Crippen molar-refractivity contribution in [1.29, 1.82) is 0 Å². The molecule has 0 spiro atoms. The second-order valence-corrected chi connectivity index (χ2v) is 7.97. The largest absolute Gasteiger partial charge is 0.443 e. The molecule has 8 heteroatoms. The summed E-state index contributed by atoms with van der Waals surface area (Å²) in [6.45, 7) is 13.8. The maximum atomic E-state index is 5.80. The molecule has 0 bridgehead atoms. The van der Waals surface area contributed by atoms with E-state index in [1.54, 1.807) is 6.20 Å². The molecule has 7 nitrogen and oxygen atoms in total. The van der Waals surface area contributed by atoms with E-state index in [1.165, 1.54) is 0 Å². The summed E-state index contributed by atoms with van der Waals surface area (Å²) in [6.07, 6.45) is 4.97. The number of hydrogen-bond acceptors (Lipinski definition) is 5. The topological polar surface area (TPSA) is 80.9 Å². The predicted octanol–water partition coefficient (Wildman–Crippen LogP) is 3.48. The van der Waals surface area contributed by atoms with Crippen molar-refractivity contribution in [2.45, 2.75) is 58.9 Å². The first-order chi connectivity index (χ1) is 13.0. The summed E-state index contributed by atoms with van der Waals surface area (Å²) in [5.41, 5.74) is -0.0393. The SMILES string of the molecule is CCNC(=NCc1ncc(C(C)(C)C)o1)NCCCOCC1CCOCC1.I. The van der Waals surface area contributed by atoms with Crippen LogP contribution in [0.1, 0.15) is 58.6 Å². The van der Waals surface area contributed by atoms with E-state index in [1.807, 2.05) is 0 Å². The van der Waals surface area contributed by atoms with Crippen molar-refractivity contribution >= 4 is 29.9 Å². The first-order valence-electron chi connectivity index (χ1n) is 10.1. The van der Waals surface area contributed by atoms with Crippen LogP contribution in [0.25, 0.3) is 0 Å². The van der Waals surface area contributed by atoms with Crippen LogP contribution in [0, 0.1) is 5.92 Å². The number of aliphatic imine (C=N–C) groups is 1. The lowest BCUT2D eigenvalue weighted by molar-refractivity contribution is 0.0203. The lowest BCUT2D eigenvalue weighted by Crippen LogP contribution is -2.38. The van der Waals surface area contributed by atoms with Gasteiger partial charge in [-0.2, -0.15) is 0 Å². The van der Waals surface area contributed by atoms with E-state index >= 15 is 0 Å². The van der Waals surface area contributed by atoms with Crippen molar-refractivity contribution in [3.63, 3.8) is 0 Å². The van der Waals surface area contributed by atoms with Crippen LogP contribution in [0.2, 0.25) is 0 Å². The zero-order chi connectivity index (χ0) is 19.5. The number of aromatic nitrogens is 1. The fourth-order valence-corrected chi connectivity index (χ4v) is 2.76. The zero-order valence-corrected chi connectivity index (χ0v) is 20.1. The Morgan fingerprint density at radius 1 is 1.29 bits per heavy atom. The molecule has 0 atom stereocenters. The van der Waals surface area contributed by atoms with Crippen molar-refractivity contribution in [1.82, 2.24) is 15.6 Å². The van der Waals surface area contributed by atoms with Crippen LogP contribution in [0.15, 0.2) is 15.6 Å². The smallest absolute Gasteiger partial charge is 0.216 e. The van der Waals surface area contributed by atoms with Crippen LogP contribution in [-0.4, -0.2) is 50.5 Å². The summed E-state index contributed by atoms with van der Waals surface area (Å²) in [6, 6.07) is 0. The summed E-state index contributed by atoms with van der Waals surface area (Å²) in [5, 5.41) is 6.58. The number of oxazole rings is 1. The van der Waals surface area contributed by atoms with E-state index in [0.717, 1.165) is 70.5 Å². The second kappa shape index (κ2) is 13.4. The minimum absolute atomic E-state index is 0. The summed E-state index contributed by atoms with van der Waals surface area (Å²) < 4.78 is 17.0. The van der Waals surface area contributed by atoms with E-state index in [0.29, 0.717) is 18.4 Å². The number of nitrogens with zero attached hydrogens (tertiary/aromatic N) is 2. The van der Waals surface area contributed by atoms with Crippen molar-refractivity contribution in [2.75, 3.05) is 39.5 Å². The van der Waals surface area contributed by atoms with Gasteiger partial charge >= 0.3 is 0 Å². The van der Waals surface area contributed by atoms with E-state index < -0.39 is 0 Å². The average molecular weight is 508 g/mol. The quantitative estimate of drug-likeness (QED) is 0.230. The molecule has 1 aliphatic heterocycles.